The van der Waals surface area contributed by atoms with Crippen LogP contribution in [0.3, 0.4) is 0 Å². The lowest BCUT2D eigenvalue weighted by atomic mass is 9.87. The normalized spacial score (nSPS) is 21.8. The zero-order chi connectivity index (χ0) is 24.1. The number of aromatic nitrogens is 4. The monoisotopic (exact) mass is 464 g/mol. The molecule has 5 rings (SSSR count). The number of rotatable bonds is 6. The van der Waals surface area contributed by atoms with Crippen molar-refractivity contribution in [3.8, 4) is 0 Å². The third kappa shape index (κ3) is 3.95. The standard InChI is InChI=1S/C25H29FN6O2/c1-4-25(26,11-9-15-5-6-16-7-8-19(27)31-18(16)13-15)20-23(34-24(2,3)33-20)32-12-10-17-21(28)29-14-30-22(17)32/h5-8,10,12-14,20,23H,4,9,11H2,1-3H3,(H2,27,31)(H2,28,29,30)/t20-,23+,25-/m0/s1. The van der Waals surface area contributed by atoms with E-state index in [9.17, 15) is 0 Å². The van der Waals surface area contributed by atoms with Crippen LogP contribution in [0.15, 0.2) is 48.9 Å². The first-order valence-corrected chi connectivity index (χ1v) is 11.5. The number of aryl methyl sites for hydroxylation is 1. The Labute approximate surface area is 197 Å². The first-order valence-electron chi connectivity index (χ1n) is 11.5. The van der Waals surface area contributed by atoms with Crippen LogP contribution in [0, 0.1) is 0 Å². The van der Waals surface area contributed by atoms with Gasteiger partial charge in [0.2, 0.25) is 0 Å². The lowest BCUT2D eigenvalue weighted by molar-refractivity contribution is -0.164. The number of pyridine rings is 1. The van der Waals surface area contributed by atoms with Crippen LogP contribution in [-0.4, -0.2) is 37.1 Å². The van der Waals surface area contributed by atoms with Crippen molar-refractivity contribution in [1.82, 2.24) is 19.5 Å². The van der Waals surface area contributed by atoms with Crippen LogP contribution in [0.1, 0.15) is 45.4 Å². The molecule has 34 heavy (non-hydrogen) atoms. The fourth-order valence-corrected chi connectivity index (χ4v) is 4.71. The van der Waals surface area contributed by atoms with E-state index in [1.807, 2.05) is 37.3 Å². The number of nitrogens with zero attached hydrogens (tertiary/aromatic N) is 4. The molecule has 178 valence electrons. The van der Waals surface area contributed by atoms with Gasteiger partial charge in [-0.3, -0.25) is 0 Å². The van der Waals surface area contributed by atoms with Crippen molar-refractivity contribution >= 4 is 33.6 Å². The van der Waals surface area contributed by atoms with E-state index in [0.29, 0.717) is 29.1 Å². The number of anilines is 2. The van der Waals surface area contributed by atoms with Gasteiger partial charge in [0.05, 0.1) is 10.9 Å². The van der Waals surface area contributed by atoms with Gasteiger partial charge in [0, 0.05) is 11.6 Å². The number of halogens is 1. The highest BCUT2D eigenvalue weighted by Crippen LogP contribution is 2.45. The van der Waals surface area contributed by atoms with Gasteiger partial charge < -0.3 is 25.5 Å². The molecule has 0 radical (unpaired) electrons. The van der Waals surface area contributed by atoms with Gasteiger partial charge in [-0.25, -0.2) is 19.3 Å². The highest BCUT2D eigenvalue weighted by molar-refractivity contribution is 5.86. The van der Waals surface area contributed by atoms with Crippen molar-refractivity contribution in [2.24, 2.45) is 0 Å². The Balaban J connectivity index is 1.45. The van der Waals surface area contributed by atoms with Gasteiger partial charge in [-0.1, -0.05) is 19.1 Å². The largest absolute Gasteiger partial charge is 0.384 e. The maximum Gasteiger partial charge on any atom is 0.168 e. The van der Waals surface area contributed by atoms with Crippen LogP contribution in [-0.2, 0) is 15.9 Å². The summed E-state index contributed by atoms with van der Waals surface area (Å²) in [5, 5.41) is 1.69. The molecule has 4 N–H and O–H groups in total. The molecule has 9 heteroatoms. The summed E-state index contributed by atoms with van der Waals surface area (Å²) >= 11 is 0. The SMILES string of the molecule is CC[C@](F)(CCc1ccc2ccc(N)nc2c1)[C@H]1OC(C)(C)O[C@H]1n1ccc2c(N)ncnc21. The summed E-state index contributed by atoms with van der Waals surface area (Å²) in [6.07, 6.45) is 2.70. The summed E-state index contributed by atoms with van der Waals surface area (Å²) in [6.45, 7) is 5.43. The number of alkyl halides is 1. The third-order valence-corrected chi connectivity index (χ3v) is 6.59. The van der Waals surface area contributed by atoms with Crippen molar-refractivity contribution in [2.45, 2.75) is 63.8 Å². The second kappa shape index (κ2) is 8.18. The Kier molecular flexibility index (Phi) is 5.41. The molecule has 8 nitrogen and oxygen atoms in total. The number of ether oxygens (including phenoxy) is 2. The van der Waals surface area contributed by atoms with Gasteiger partial charge in [0.15, 0.2) is 12.0 Å². The highest BCUT2D eigenvalue weighted by atomic mass is 19.1. The molecule has 4 heterocycles. The van der Waals surface area contributed by atoms with E-state index in [1.54, 1.807) is 30.7 Å². The van der Waals surface area contributed by atoms with Gasteiger partial charge >= 0.3 is 0 Å². The molecule has 0 bridgehead atoms. The molecule has 1 aromatic carbocycles. The van der Waals surface area contributed by atoms with Crippen molar-refractivity contribution in [3.63, 3.8) is 0 Å². The van der Waals surface area contributed by atoms with Gasteiger partial charge in [-0.15, -0.1) is 0 Å². The maximum atomic E-state index is 16.6. The van der Waals surface area contributed by atoms with Crippen molar-refractivity contribution in [3.05, 3.63) is 54.5 Å². The maximum absolute atomic E-state index is 16.6. The van der Waals surface area contributed by atoms with Gasteiger partial charge in [-0.2, -0.15) is 0 Å². The van der Waals surface area contributed by atoms with Crippen LogP contribution in [0.2, 0.25) is 0 Å². The molecule has 1 saturated heterocycles. The molecule has 0 amide bonds. The average molecular weight is 465 g/mol. The Morgan fingerprint density at radius 1 is 1.12 bits per heavy atom. The van der Waals surface area contributed by atoms with E-state index in [0.717, 1.165) is 16.5 Å². The molecule has 3 aromatic heterocycles. The second-order valence-electron chi connectivity index (χ2n) is 9.32. The van der Waals surface area contributed by atoms with Gasteiger partial charge in [0.1, 0.15) is 35.4 Å². The fraction of sp³-hybridized carbons (Fsp3) is 0.400. The van der Waals surface area contributed by atoms with E-state index >= 15 is 4.39 Å². The van der Waals surface area contributed by atoms with E-state index in [4.69, 9.17) is 20.9 Å². The molecule has 4 aromatic rings. The molecule has 1 aliphatic heterocycles. The van der Waals surface area contributed by atoms with Crippen LogP contribution >= 0.6 is 0 Å². The quantitative estimate of drug-likeness (QED) is 0.430. The topological polar surface area (TPSA) is 114 Å². The first kappa shape index (κ1) is 22.5. The van der Waals surface area contributed by atoms with Crippen LogP contribution in [0.5, 0.6) is 0 Å². The number of nitrogens with two attached hydrogens (primary N) is 2. The minimum atomic E-state index is -1.65. The Bertz CT molecular complexity index is 1360. The second-order valence-corrected chi connectivity index (χ2v) is 9.32. The highest BCUT2D eigenvalue weighted by Gasteiger charge is 2.53. The molecular weight excluding hydrogens is 435 g/mol. The summed E-state index contributed by atoms with van der Waals surface area (Å²) < 4.78 is 30.8. The summed E-state index contributed by atoms with van der Waals surface area (Å²) in [5.74, 6) is -0.129. The van der Waals surface area contributed by atoms with Crippen molar-refractivity contribution in [2.75, 3.05) is 11.5 Å². The number of fused-ring (bicyclic) bond motifs is 2. The molecule has 1 fully saturated rings. The van der Waals surface area contributed by atoms with Crippen LogP contribution in [0.25, 0.3) is 21.9 Å². The van der Waals surface area contributed by atoms with E-state index in [1.165, 1.54) is 6.33 Å². The average Bonchev–Trinajstić information content (AvgIpc) is 3.38. The zero-order valence-electron chi connectivity index (χ0n) is 19.5. The Hall–Kier alpha value is -3.30. The number of benzene rings is 1. The van der Waals surface area contributed by atoms with E-state index in [2.05, 4.69) is 15.0 Å². The van der Waals surface area contributed by atoms with Crippen LogP contribution in [0.4, 0.5) is 16.0 Å². The fourth-order valence-electron chi connectivity index (χ4n) is 4.71. The molecule has 1 aliphatic rings. The summed E-state index contributed by atoms with van der Waals surface area (Å²) in [7, 11) is 0. The molecule has 3 atom stereocenters. The molecular formula is C25H29FN6O2. The minimum absolute atomic E-state index is 0.258. The molecule has 0 spiro atoms. The smallest absolute Gasteiger partial charge is 0.168 e. The van der Waals surface area contributed by atoms with Crippen molar-refractivity contribution in [1.29, 1.82) is 0 Å². The number of nitrogen functional groups attached to an aromatic ring is 2. The first-order chi connectivity index (χ1) is 16.2. The third-order valence-electron chi connectivity index (χ3n) is 6.59. The summed E-state index contributed by atoms with van der Waals surface area (Å²) in [4.78, 5) is 12.8. The Morgan fingerprint density at radius 2 is 1.91 bits per heavy atom. The van der Waals surface area contributed by atoms with Crippen LogP contribution < -0.4 is 11.5 Å². The van der Waals surface area contributed by atoms with E-state index < -0.39 is 23.8 Å². The lowest BCUT2D eigenvalue weighted by Gasteiger charge is -2.33. The number of hydrogen-bond acceptors (Lipinski definition) is 7. The van der Waals surface area contributed by atoms with Gasteiger partial charge in [0.25, 0.3) is 0 Å². The summed E-state index contributed by atoms with van der Waals surface area (Å²) in [5.41, 5.74) is 12.6. The Morgan fingerprint density at radius 3 is 2.71 bits per heavy atom. The zero-order valence-corrected chi connectivity index (χ0v) is 19.5. The molecule has 0 unspecified atom stereocenters. The minimum Gasteiger partial charge on any atom is -0.384 e. The van der Waals surface area contributed by atoms with E-state index in [-0.39, 0.29) is 12.8 Å². The predicted molar refractivity (Wildman–Crippen MR) is 130 cm³/mol. The molecule has 0 aliphatic carbocycles. The van der Waals surface area contributed by atoms with Gasteiger partial charge in [-0.05, 0) is 62.9 Å². The number of hydrogen-bond donors (Lipinski definition) is 2. The summed E-state index contributed by atoms with van der Waals surface area (Å²) in [6, 6.07) is 11.5. The molecule has 0 saturated carbocycles. The lowest BCUT2D eigenvalue weighted by Crippen LogP contribution is -2.43. The predicted octanol–water partition coefficient (Wildman–Crippen LogP) is 4.55. The van der Waals surface area contributed by atoms with Crippen molar-refractivity contribution < 1.29 is 13.9 Å².